The second-order valence-corrected chi connectivity index (χ2v) is 9.98. The highest BCUT2D eigenvalue weighted by Crippen LogP contribution is 2.38. The van der Waals surface area contributed by atoms with Crippen LogP contribution in [0.15, 0.2) is 47.6 Å². The third-order valence-corrected chi connectivity index (χ3v) is 7.05. The standard InChI is InChI=1S/C27H31F2N7O2/c1-15(2)26-32-23-21(34(26)3)9-7-19(25(23)35-12-11-16(13-30)14-35)31-27(38)20-8-10-22(37)36(33-20)24-17(28)5-4-6-18(24)29/h4-10,15-16,22,37H,11-14,30H2,1-3H3,(H,31,38)/t16-,22?/m1/s1. The van der Waals surface area contributed by atoms with Gasteiger partial charge in [0, 0.05) is 26.1 Å². The van der Waals surface area contributed by atoms with Crippen LogP contribution in [0.25, 0.3) is 11.0 Å². The molecule has 5 rings (SSSR count). The van der Waals surface area contributed by atoms with E-state index < -0.39 is 29.5 Å². The number of aliphatic hydroxyl groups excluding tert-OH is 1. The predicted molar refractivity (Wildman–Crippen MR) is 144 cm³/mol. The number of nitrogens with one attached hydrogen (secondary N) is 1. The first kappa shape index (κ1) is 25.8. The fourth-order valence-electron chi connectivity index (χ4n) is 5.09. The molecule has 200 valence electrons. The molecule has 2 atom stereocenters. The van der Waals surface area contributed by atoms with E-state index in [0.717, 1.165) is 59.2 Å². The normalized spacial score (nSPS) is 19.5. The lowest BCUT2D eigenvalue weighted by atomic mass is 10.1. The van der Waals surface area contributed by atoms with Crippen LogP contribution in [0.4, 0.5) is 25.8 Å². The van der Waals surface area contributed by atoms with Crippen molar-refractivity contribution in [1.29, 1.82) is 0 Å². The Hall–Kier alpha value is -3.83. The Morgan fingerprint density at radius 2 is 1.95 bits per heavy atom. The second-order valence-electron chi connectivity index (χ2n) is 9.98. The lowest BCUT2D eigenvalue weighted by Gasteiger charge is -2.27. The molecular formula is C27H31F2N7O2. The second kappa shape index (κ2) is 10.1. The molecule has 0 aliphatic carbocycles. The number of rotatable bonds is 6. The number of carbonyl (C=O) groups excluding carboxylic acids is 1. The van der Waals surface area contributed by atoms with Crippen molar-refractivity contribution < 1.29 is 18.7 Å². The number of aryl methyl sites for hydroxylation is 1. The van der Waals surface area contributed by atoms with Crippen molar-refractivity contribution in [2.75, 3.05) is 34.9 Å². The van der Waals surface area contributed by atoms with Gasteiger partial charge in [0.2, 0.25) is 0 Å². The van der Waals surface area contributed by atoms with Crippen LogP contribution in [0.3, 0.4) is 0 Å². The summed E-state index contributed by atoms with van der Waals surface area (Å²) in [5.74, 6) is -0.948. The molecule has 0 spiro atoms. The Bertz CT molecular complexity index is 1430. The third-order valence-electron chi connectivity index (χ3n) is 7.05. The van der Waals surface area contributed by atoms with E-state index in [1.54, 1.807) is 0 Å². The van der Waals surface area contributed by atoms with Crippen molar-refractivity contribution in [3.8, 4) is 0 Å². The van der Waals surface area contributed by atoms with Gasteiger partial charge in [0.1, 0.15) is 22.7 Å². The number of aliphatic hydroxyl groups is 1. The zero-order chi connectivity index (χ0) is 27.1. The van der Waals surface area contributed by atoms with E-state index in [0.29, 0.717) is 18.2 Å². The number of carbonyl (C=O) groups is 1. The molecule has 9 nitrogen and oxygen atoms in total. The molecule has 2 aromatic carbocycles. The monoisotopic (exact) mass is 523 g/mol. The molecule has 2 aliphatic rings. The Morgan fingerprint density at radius 3 is 2.61 bits per heavy atom. The molecule has 4 N–H and O–H groups in total. The number of benzene rings is 2. The van der Waals surface area contributed by atoms with Crippen LogP contribution in [-0.2, 0) is 11.8 Å². The summed E-state index contributed by atoms with van der Waals surface area (Å²) in [6.07, 6.45) is 2.06. The highest BCUT2D eigenvalue weighted by Gasteiger charge is 2.30. The first-order valence-corrected chi connectivity index (χ1v) is 12.6. The molecule has 2 aliphatic heterocycles. The SMILES string of the molecule is CC(C)c1nc2c(N3CC[C@H](CN)C3)c(NC(=O)C3=NN(c4c(F)cccc4F)C(O)C=C3)ccc2n1C. The lowest BCUT2D eigenvalue weighted by Crippen LogP contribution is -2.37. The maximum absolute atomic E-state index is 14.4. The van der Waals surface area contributed by atoms with Crippen LogP contribution in [-0.4, -0.2) is 52.1 Å². The number of nitrogens with two attached hydrogens (primary N) is 1. The molecular weight excluding hydrogens is 492 g/mol. The fourth-order valence-corrected chi connectivity index (χ4v) is 5.09. The number of imidazole rings is 1. The number of amides is 1. The summed E-state index contributed by atoms with van der Waals surface area (Å²) in [5.41, 5.74) is 8.34. The first-order valence-electron chi connectivity index (χ1n) is 12.6. The number of halogens is 2. The van der Waals surface area contributed by atoms with Crippen LogP contribution in [0.5, 0.6) is 0 Å². The zero-order valence-electron chi connectivity index (χ0n) is 21.5. The number of anilines is 3. The largest absolute Gasteiger partial charge is 0.368 e. The van der Waals surface area contributed by atoms with Crippen LogP contribution < -0.4 is 21.0 Å². The average Bonchev–Trinajstić information content (AvgIpc) is 3.49. The molecule has 1 aromatic heterocycles. The van der Waals surface area contributed by atoms with Gasteiger partial charge in [-0.15, -0.1) is 0 Å². The summed E-state index contributed by atoms with van der Waals surface area (Å²) < 4.78 is 30.9. The fraction of sp³-hybridized carbons (Fsp3) is 0.370. The van der Waals surface area contributed by atoms with Crippen molar-refractivity contribution in [3.05, 3.63) is 59.9 Å². The van der Waals surface area contributed by atoms with Gasteiger partial charge in [-0.25, -0.2) is 18.8 Å². The summed E-state index contributed by atoms with van der Waals surface area (Å²) in [6.45, 7) is 6.23. The van der Waals surface area contributed by atoms with Crippen LogP contribution in [0, 0.1) is 17.6 Å². The summed E-state index contributed by atoms with van der Waals surface area (Å²) in [6, 6.07) is 7.07. The molecule has 3 aromatic rings. The Labute approximate surface area is 219 Å². The minimum atomic E-state index is -1.44. The molecule has 11 heteroatoms. The van der Waals surface area contributed by atoms with E-state index in [1.165, 1.54) is 18.2 Å². The van der Waals surface area contributed by atoms with Gasteiger partial charge in [-0.3, -0.25) is 4.79 Å². The molecule has 0 radical (unpaired) electrons. The molecule has 1 unspecified atom stereocenters. The Kier molecular flexibility index (Phi) is 6.89. The van der Waals surface area contributed by atoms with Gasteiger partial charge >= 0.3 is 0 Å². The van der Waals surface area contributed by atoms with Gasteiger partial charge < -0.3 is 25.6 Å². The number of hydrazone groups is 1. The summed E-state index contributed by atoms with van der Waals surface area (Å²) in [4.78, 5) is 20.5. The highest BCUT2D eigenvalue weighted by molar-refractivity contribution is 6.47. The quantitative estimate of drug-likeness (QED) is 0.456. The molecule has 38 heavy (non-hydrogen) atoms. The first-order chi connectivity index (χ1) is 18.2. The smallest absolute Gasteiger partial charge is 0.276 e. The van der Waals surface area contributed by atoms with Gasteiger partial charge in [-0.05, 0) is 55.3 Å². The number of aromatic nitrogens is 2. The lowest BCUT2D eigenvalue weighted by molar-refractivity contribution is -0.110. The van der Waals surface area contributed by atoms with E-state index in [1.807, 2.05) is 19.2 Å². The maximum atomic E-state index is 14.4. The number of nitrogens with zero attached hydrogens (tertiary/aromatic N) is 5. The summed E-state index contributed by atoms with van der Waals surface area (Å²) in [5, 5.41) is 18.1. The van der Waals surface area contributed by atoms with E-state index in [2.05, 4.69) is 33.7 Å². The molecule has 1 saturated heterocycles. The molecule has 0 bridgehead atoms. The van der Waals surface area contributed by atoms with Crippen molar-refractivity contribution >= 4 is 39.7 Å². The number of fused-ring (bicyclic) bond motifs is 1. The van der Waals surface area contributed by atoms with Gasteiger partial charge in [0.15, 0.2) is 17.9 Å². The minimum absolute atomic E-state index is 0.117. The molecule has 1 amide bonds. The van der Waals surface area contributed by atoms with Crippen LogP contribution >= 0.6 is 0 Å². The van der Waals surface area contributed by atoms with E-state index in [9.17, 15) is 18.7 Å². The van der Waals surface area contributed by atoms with Crippen molar-refractivity contribution in [1.82, 2.24) is 9.55 Å². The highest BCUT2D eigenvalue weighted by atomic mass is 19.1. The minimum Gasteiger partial charge on any atom is -0.368 e. The van der Waals surface area contributed by atoms with Gasteiger partial charge in [-0.1, -0.05) is 19.9 Å². The van der Waals surface area contributed by atoms with Crippen molar-refractivity contribution in [2.24, 2.45) is 23.8 Å². The topological polar surface area (TPSA) is 112 Å². The number of hydrogen-bond acceptors (Lipinski definition) is 7. The number of hydrogen-bond donors (Lipinski definition) is 3. The predicted octanol–water partition coefficient (Wildman–Crippen LogP) is 3.45. The van der Waals surface area contributed by atoms with Crippen molar-refractivity contribution in [2.45, 2.75) is 32.4 Å². The maximum Gasteiger partial charge on any atom is 0.276 e. The van der Waals surface area contributed by atoms with Crippen molar-refractivity contribution in [3.63, 3.8) is 0 Å². The van der Waals surface area contributed by atoms with E-state index in [-0.39, 0.29) is 11.6 Å². The van der Waals surface area contributed by atoms with Crippen LogP contribution in [0.1, 0.15) is 32.0 Å². The summed E-state index contributed by atoms with van der Waals surface area (Å²) in [7, 11) is 1.97. The molecule has 0 saturated carbocycles. The molecule has 3 heterocycles. The zero-order valence-corrected chi connectivity index (χ0v) is 21.5. The number of para-hydroxylation sites is 1. The van der Waals surface area contributed by atoms with Gasteiger partial charge in [0.25, 0.3) is 5.91 Å². The van der Waals surface area contributed by atoms with E-state index in [4.69, 9.17) is 10.7 Å². The third kappa shape index (κ3) is 4.52. The molecule has 1 fully saturated rings. The van der Waals surface area contributed by atoms with E-state index >= 15 is 0 Å². The van der Waals surface area contributed by atoms with Gasteiger partial charge in [-0.2, -0.15) is 5.10 Å². The Morgan fingerprint density at radius 1 is 1.21 bits per heavy atom. The Balaban J connectivity index is 1.53. The van der Waals surface area contributed by atoms with Crippen LogP contribution in [0.2, 0.25) is 0 Å². The average molecular weight is 524 g/mol. The summed E-state index contributed by atoms with van der Waals surface area (Å²) >= 11 is 0. The van der Waals surface area contributed by atoms with Gasteiger partial charge in [0.05, 0.1) is 16.9 Å².